The van der Waals surface area contributed by atoms with E-state index >= 15 is 0 Å². The highest BCUT2D eigenvalue weighted by molar-refractivity contribution is 5.57. The Morgan fingerprint density at radius 1 is 1.12 bits per heavy atom. The zero-order valence-corrected chi connectivity index (χ0v) is 13.2. The number of benzene rings is 2. The van der Waals surface area contributed by atoms with Crippen molar-refractivity contribution in [3.8, 4) is 6.07 Å². The molecule has 3 aromatic rings. The van der Waals surface area contributed by atoms with E-state index in [9.17, 15) is 0 Å². The minimum Gasteiger partial charge on any atom is -0.349 e. The predicted octanol–water partition coefficient (Wildman–Crippen LogP) is 3.41. The van der Waals surface area contributed by atoms with E-state index in [0.29, 0.717) is 23.9 Å². The Balaban J connectivity index is 1.66. The molecule has 0 aliphatic heterocycles. The molecule has 0 saturated heterocycles. The van der Waals surface area contributed by atoms with Gasteiger partial charge < -0.3 is 10.6 Å². The van der Waals surface area contributed by atoms with Gasteiger partial charge in [0.25, 0.3) is 0 Å². The maximum atomic E-state index is 8.82. The Hall–Kier alpha value is -3.46. The largest absolute Gasteiger partial charge is 0.349 e. The van der Waals surface area contributed by atoms with Gasteiger partial charge in [0.15, 0.2) is 5.82 Å². The van der Waals surface area contributed by atoms with Crippen LogP contribution < -0.4 is 10.6 Å². The maximum Gasteiger partial charge on any atom is 0.244 e. The van der Waals surface area contributed by atoms with Crippen molar-refractivity contribution in [3.05, 3.63) is 71.4 Å². The lowest BCUT2D eigenvalue weighted by Crippen LogP contribution is -2.06. The first kappa shape index (κ1) is 15.4. The Bertz CT molecular complexity index is 867. The van der Waals surface area contributed by atoms with E-state index in [0.717, 1.165) is 11.3 Å². The molecule has 1 heterocycles. The molecular weight excluding hydrogens is 300 g/mol. The topological polar surface area (TPSA) is 86.5 Å². The first-order valence-corrected chi connectivity index (χ1v) is 7.49. The van der Waals surface area contributed by atoms with E-state index < -0.39 is 0 Å². The quantitative estimate of drug-likeness (QED) is 0.750. The summed E-state index contributed by atoms with van der Waals surface area (Å²) < 4.78 is 0. The molecule has 2 aromatic carbocycles. The van der Waals surface area contributed by atoms with Gasteiger partial charge in [0, 0.05) is 12.2 Å². The van der Waals surface area contributed by atoms with Gasteiger partial charge in [-0.15, -0.1) is 5.10 Å². The number of nitriles is 1. The molecule has 0 bridgehead atoms. The average molecular weight is 316 g/mol. The van der Waals surface area contributed by atoms with E-state index in [1.54, 1.807) is 18.3 Å². The number of nitrogens with zero attached hydrogens (tertiary/aromatic N) is 4. The van der Waals surface area contributed by atoms with Gasteiger partial charge in [0.1, 0.15) is 0 Å². The number of aryl methyl sites for hydroxylation is 1. The van der Waals surface area contributed by atoms with Crippen LogP contribution in [0.5, 0.6) is 0 Å². The van der Waals surface area contributed by atoms with Crippen molar-refractivity contribution in [2.75, 3.05) is 10.6 Å². The van der Waals surface area contributed by atoms with Crippen molar-refractivity contribution in [1.29, 1.82) is 5.26 Å². The normalized spacial score (nSPS) is 10.0. The third-order valence-electron chi connectivity index (χ3n) is 3.38. The highest BCUT2D eigenvalue weighted by Gasteiger charge is 2.02. The van der Waals surface area contributed by atoms with Gasteiger partial charge in [-0.1, -0.05) is 29.8 Å². The summed E-state index contributed by atoms with van der Waals surface area (Å²) in [6.45, 7) is 2.69. The highest BCUT2D eigenvalue weighted by atomic mass is 15.3. The molecular formula is C18H16N6. The zero-order chi connectivity index (χ0) is 16.8. The first-order valence-electron chi connectivity index (χ1n) is 7.49. The van der Waals surface area contributed by atoms with Crippen molar-refractivity contribution < 1.29 is 0 Å². The van der Waals surface area contributed by atoms with Crippen LogP contribution in [0.3, 0.4) is 0 Å². The second-order valence-corrected chi connectivity index (χ2v) is 5.32. The molecule has 0 aliphatic carbocycles. The Morgan fingerprint density at radius 2 is 1.96 bits per heavy atom. The summed E-state index contributed by atoms with van der Waals surface area (Å²) >= 11 is 0. The standard InChI is InChI=1S/C18H16N6/c1-13-3-2-4-15(9-13)11-20-18-23-17(12-21-24-18)22-16-7-5-14(10-19)6-8-16/h2-9,12H,11H2,1H3,(H2,20,22,23,24). The van der Waals surface area contributed by atoms with E-state index in [4.69, 9.17) is 5.26 Å². The summed E-state index contributed by atoms with van der Waals surface area (Å²) in [4.78, 5) is 4.39. The molecule has 0 spiro atoms. The van der Waals surface area contributed by atoms with E-state index in [2.05, 4.69) is 50.9 Å². The predicted molar refractivity (Wildman–Crippen MR) is 92.8 cm³/mol. The van der Waals surface area contributed by atoms with Gasteiger partial charge in [-0.3, -0.25) is 0 Å². The molecule has 3 rings (SSSR count). The fraction of sp³-hybridized carbons (Fsp3) is 0.111. The van der Waals surface area contributed by atoms with Crippen molar-refractivity contribution in [3.63, 3.8) is 0 Å². The third kappa shape index (κ3) is 4.05. The van der Waals surface area contributed by atoms with E-state index in [1.165, 1.54) is 5.56 Å². The lowest BCUT2D eigenvalue weighted by Gasteiger charge is -2.08. The Kier molecular flexibility index (Phi) is 4.63. The molecule has 0 amide bonds. The fourth-order valence-corrected chi connectivity index (χ4v) is 2.22. The van der Waals surface area contributed by atoms with Crippen molar-refractivity contribution in [1.82, 2.24) is 15.2 Å². The van der Waals surface area contributed by atoms with Crippen molar-refractivity contribution in [2.45, 2.75) is 13.5 Å². The van der Waals surface area contributed by atoms with Crippen LogP contribution >= 0.6 is 0 Å². The third-order valence-corrected chi connectivity index (χ3v) is 3.38. The minimum absolute atomic E-state index is 0.454. The van der Waals surface area contributed by atoms with Crippen LogP contribution in [0.1, 0.15) is 16.7 Å². The van der Waals surface area contributed by atoms with Crippen LogP contribution in [0.15, 0.2) is 54.7 Å². The summed E-state index contributed by atoms with van der Waals surface area (Å²) in [5, 5.41) is 23.1. The van der Waals surface area contributed by atoms with Crippen LogP contribution in [-0.4, -0.2) is 15.2 Å². The average Bonchev–Trinajstić information content (AvgIpc) is 2.61. The highest BCUT2D eigenvalue weighted by Crippen LogP contribution is 2.15. The fourth-order valence-electron chi connectivity index (χ4n) is 2.22. The number of nitrogens with one attached hydrogen (secondary N) is 2. The van der Waals surface area contributed by atoms with Gasteiger partial charge in [-0.05, 0) is 36.8 Å². The Morgan fingerprint density at radius 3 is 2.71 bits per heavy atom. The smallest absolute Gasteiger partial charge is 0.244 e. The molecule has 0 atom stereocenters. The second kappa shape index (κ2) is 7.20. The van der Waals surface area contributed by atoms with Gasteiger partial charge in [-0.2, -0.15) is 15.3 Å². The van der Waals surface area contributed by atoms with Crippen LogP contribution in [0, 0.1) is 18.3 Å². The molecule has 0 saturated carbocycles. The molecule has 24 heavy (non-hydrogen) atoms. The van der Waals surface area contributed by atoms with Crippen LogP contribution in [-0.2, 0) is 6.54 Å². The van der Waals surface area contributed by atoms with Crippen LogP contribution in [0.25, 0.3) is 0 Å². The number of aromatic nitrogens is 3. The SMILES string of the molecule is Cc1cccc(CNc2nncc(Nc3ccc(C#N)cc3)n2)c1. The van der Waals surface area contributed by atoms with Crippen molar-refractivity contribution in [2.24, 2.45) is 0 Å². The van der Waals surface area contributed by atoms with Crippen molar-refractivity contribution >= 4 is 17.5 Å². The molecule has 118 valence electrons. The lowest BCUT2D eigenvalue weighted by atomic mass is 10.1. The van der Waals surface area contributed by atoms with E-state index in [-0.39, 0.29) is 0 Å². The molecule has 0 unspecified atom stereocenters. The Labute approximate surface area is 140 Å². The van der Waals surface area contributed by atoms with Crippen LogP contribution in [0.4, 0.5) is 17.5 Å². The van der Waals surface area contributed by atoms with Gasteiger partial charge in [0.2, 0.25) is 5.95 Å². The summed E-state index contributed by atoms with van der Waals surface area (Å²) in [5.74, 6) is 1.04. The van der Waals surface area contributed by atoms with Gasteiger partial charge in [0.05, 0.1) is 17.8 Å². The molecule has 1 aromatic heterocycles. The second-order valence-electron chi connectivity index (χ2n) is 5.32. The van der Waals surface area contributed by atoms with Crippen LogP contribution in [0.2, 0.25) is 0 Å². The molecule has 0 fully saturated rings. The summed E-state index contributed by atoms with van der Waals surface area (Å²) in [7, 11) is 0. The first-order chi connectivity index (χ1) is 11.7. The maximum absolute atomic E-state index is 8.82. The zero-order valence-electron chi connectivity index (χ0n) is 13.2. The monoisotopic (exact) mass is 316 g/mol. The summed E-state index contributed by atoms with van der Waals surface area (Å²) in [5.41, 5.74) is 3.81. The lowest BCUT2D eigenvalue weighted by molar-refractivity contribution is 0.948. The summed E-state index contributed by atoms with van der Waals surface area (Å²) in [6.07, 6.45) is 1.55. The number of hydrogen-bond acceptors (Lipinski definition) is 6. The number of anilines is 3. The molecule has 6 heteroatoms. The van der Waals surface area contributed by atoms with Gasteiger partial charge >= 0.3 is 0 Å². The number of hydrogen-bond donors (Lipinski definition) is 2. The molecule has 2 N–H and O–H groups in total. The molecule has 6 nitrogen and oxygen atoms in total. The summed E-state index contributed by atoms with van der Waals surface area (Å²) in [6, 6.07) is 17.5. The molecule has 0 radical (unpaired) electrons. The van der Waals surface area contributed by atoms with E-state index in [1.807, 2.05) is 24.3 Å². The minimum atomic E-state index is 0.454. The molecule has 0 aliphatic rings. The van der Waals surface area contributed by atoms with Gasteiger partial charge in [-0.25, -0.2) is 0 Å². The number of rotatable bonds is 5.